The van der Waals surface area contributed by atoms with Gasteiger partial charge in [0.1, 0.15) is 0 Å². The molecule has 8 heteroatoms. The van der Waals surface area contributed by atoms with E-state index in [2.05, 4.69) is 20.0 Å². The summed E-state index contributed by atoms with van der Waals surface area (Å²) in [6, 6.07) is 1.57. The third-order valence-electron chi connectivity index (χ3n) is 3.90. The molecule has 2 aromatic rings. The van der Waals surface area contributed by atoms with Crippen LogP contribution in [0.15, 0.2) is 35.6 Å². The topological polar surface area (TPSA) is 84.2 Å². The van der Waals surface area contributed by atoms with Crippen LogP contribution in [0.25, 0.3) is 0 Å². The summed E-state index contributed by atoms with van der Waals surface area (Å²) in [5.41, 5.74) is 1.34. The normalized spacial score (nSPS) is 14.8. The Bertz CT molecular complexity index is 737. The summed E-state index contributed by atoms with van der Waals surface area (Å²) in [5.74, 6) is 0.0484. The molecule has 0 aliphatic carbocycles. The Balaban J connectivity index is 1.58. The maximum absolute atomic E-state index is 12.3. The Morgan fingerprint density at radius 3 is 2.61 bits per heavy atom. The first-order chi connectivity index (χ1) is 11.1. The molecular formula is C15H18N6O2. The molecule has 2 aromatic heterocycles. The van der Waals surface area contributed by atoms with E-state index < -0.39 is 0 Å². The maximum atomic E-state index is 12.3. The Labute approximate surface area is 133 Å². The van der Waals surface area contributed by atoms with Gasteiger partial charge in [-0.05, 0) is 0 Å². The van der Waals surface area contributed by atoms with Gasteiger partial charge >= 0.3 is 0 Å². The second kappa shape index (κ2) is 6.55. The predicted molar refractivity (Wildman–Crippen MR) is 84.0 cm³/mol. The van der Waals surface area contributed by atoms with E-state index in [0.29, 0.717) is 31.9 Å². The van der Waals surface area contributed by atoms with Crippen LogP contribution < -0.4 is 10.5 Å². The fraction of sp³-hybridized carbons (Fsp3) is 0.400. The van der Waals surface area contributed by atoms with Gasteiger partial charge in [-0.2, -0.15) is 5.10 Å². The number of hydrogen-bond donors (Lipinski definition) is 0. The van der Waals surface area contributed by atoms with Gasteiger partial charge in [0.25, 0.3) is 5.56 Å². The molecule has 3 rings (SSSR count). The van der Waals surface area contributed by atoms with Crippen LogP contribution in [-0.4, -0.2) is 56.7 Å². The quantitative estimate of drug-likeness (QED) is 0.757. The highest BCUT2D eigenvalue weighted by Gasteiger charge is 2.22. The highest BCUT2D eigenvalue weighted by molar-refractivity contribution is 5.78. The second-order valence-electron chi connectivity index (χ2n) is 5.42. The van der Waals surface area contributed by atoms with Gasteiger partial charge in [0.15, 0.2) is 0 Å². The van der Waals surface area contributed by atoms with E-state index in [1.54, 1.807) is 37.9 Å². The van der Waals surface area contributed by atoms with E-state index >= 15 is 0 Å². The fourth-order valence-electron chi connectivity index (χ4n) is 2.53. The number of aromatic nitrogens is 4. The lowest BCUT2D eigenvalue weighted by Gasteiger charge is -2.35. The molecule has 23 heavy (non-hydrogen) atoms. The van der Waals surface area contributed by atoms with Gasteiger partial charge in [0.2, 0.25) is 5.91 Å². The Morgan fingerprint density at radius 1 is 1.17 bits per heavy atom. The number of hydrogen-bond acceptors (Lipinski definition) is 6. The average molecular weight is 314 g/mol. The number of carbonyl (C=O) groups is 1. The van der Waals surface area contributed by atoms with Crippen LogP contribution in [0.3, 0.4) is 0 Å². The molecule has 0 spiro atoms. The van der Waals surface area contributed by atoms with Crippen molar-refractivity contribution < 1.29 is 4.79 Å². The van der Waals surface area contributed by atoms with Crippen molar-refractivity contribution in [1.29, 1.82) is 0 Å². The van der Waals surface area contributed by atoms with E-state index in [-0.39, 0.29) is 17.9 Å². The van der Waals surface area contributed by atoms with E-state index in [9.17, 15) is 9.59 Å². The lowest BCUT2D eigenvalue weighted by Crippen LogP contribution is -2.49. The van der Waals surface area contributed by atoms with Gasteiger partial charge < -0.3 is 9.80 Å². The minimum Gasteiger partial charge on any atom is -0.367 e. The largest absolute Gasteiger partial charge is 0.367 e. The molecule has 3 heterocycles. The first-order valence-electron chi connectivity index (χ1n) is 7.44. The molecule has 0 unspecified atom stereocenters. The molecule has 0 bridgehead atoms. The number of anilines is 1. The molecule has 8 nitrogen and oxygen atoms in total. The third kappa shape index (κ3) is 3.53. The lowest BCUT2D eigenvalue weighted by atomic mass is 10.2. The first kappa shape index (κ1) is 15.1. The van der Waals surface area contributed by atoms with Gasteiger partial charge in [-0.1, -0.05) is 0 Å². The van der Waals surface area contributed by atoms with Crippen molar-refractivity contribution in [3.63, 3.8) is 0 Å². The van der Waals surface area contributed by atoms with E-state index in [1.165, 1.54) is 4.68 Å². The van der Waals surface area contributed by atoms with Crippen molar-refractivity contribution in [1.82, 2.24) is 24.6 Å². The van der Waals surface area contributed by atoms with Crippen molar-refractivity contribution in [2.75, 3.05) is 31.1 Å². The monoisotopic (exact) mass is 314 g/mol. The highest BCUT2D eigenvalue weighted by Crippen LogP contribution is 2.13. The smallest absolute Gasteiger partial charge is 0.268 e. The summed E-state index contributed by atoms with van der Waals surface area (Å²) < 4.78 is 1.30. The van der Waals surface area contributed by atoms with Gasteiger partial charge in [-0.3, -0.25) is 19.6 Å². The molecule has 0 N–H and O–H groups in total. The molecule has 0 atom stereocenters. The zero-order valence-electron chi connectivity index (χ0n) is 12.9. The maximum Gasteiger partial charge on any atom is 0.268 e. The zero-order valence-corrected chi connectivity index (χ0v) is 12.9. The first-order valence-corrected chi connectivity index (χ1v) is 7.44. The Morgan fingerprint density at radius 2 is 1.96 bits per heavy atom. The van der Waals surface area contributed by atoms with Gasteiger partial charge in [0.05, 0.1) is 24.0 Å². The van der Waals surface area contributed by atoms with E-state index in [1.807, 2.05) is 4.90 Å². The molecule has 1 saturated heterocycles. The average Bonchev–Trinajstić information content (AvgIpc) is 2.58. The predicted octanol–water partition coefficient (Wildman–Crippen LogP) is -0.538. The van der Waals surface area contributed by atoms with Crippen molar-refractivity contribution >= 4 is 11.6 Å². The van der Waals surface area contributed by atoms with Crippen LogP contribution >= 0.6 is 0 Å². The molecule has 0 aromatic carbocycles. The van der Waals surface area contributed by atoms with Crippen LogP contribution in [0.2, 0.25) is 0 Å². The molecular weight excluding hydrogens is 296 g/mol. The van der Waals surface area contributed by atoms with E-state index in [0.717, 1.165) is 5.69 Å². The molecule has 1 amide bonds. The molecule has 0 radical (unpaired) electrons. The Kier molecular flexibility index (Phi) is 4.31. The summed E-state index contributed by atoms with van der Waals surface area (Å²) in [7, 11) is 1.62. The number of aryl methyl sites for hydroxylation is 1. The summed E-state index contributed by atoms with van der Waals surface area (Å²) >= 11 is 0. The molecule has 120 valence electrons. The number of rotatable bonds is 3. The van der Waals surface area contributed by atoms with Gasteiger partial charge in [-0.15, -0.1) is 0 Å². The van der Waals surface area contributed by atoms with Crippen molar-refractivity contribution in [2.45, 2.75) is 6.42 Å². The third-order valence-corrected chi connectivity index (χ3v) is 3.90. The zero-order chi connectivity index (χ0) is 16.2. The molecule has 1 aliphatic heterocycles. The lowest BCUT2D eigenvalue weighted by molar-refractivity contribution is -0.130. The Hall–Kier alpha value is -2.77. The van der Waals surface area contributed by atoms with Crippen LogP contribution in [0, 0.1) is 0 Å². The van der Waals surface area contributed by atoms with Crippen molar-refractivity contribution in [2.24, 2.45) is 7.05 Å². The van der Waals surface area contributed by atoms with Gasteiger partial charge in [0, 0.05) is 57.9 Å². The molecule has 0 saturated carbocycles. The van der Waals surface area contributed by atoms with Crippen molar-refractivity contribution in [3.8, 4) is 0 Å². The van der Waals surface area contributed by atoms with Crippen LogP contribution in [0.4, 0.5) is 5.69 Å². The fourth-order valence-corrected chi connectivity index (χ4v) is 2.53. The number of nitrogens with zero attached hydrogens (tertiary/aromatic N) is 6. The molecule has 1 fully saturated rings. The van der Waals surface area contributed by atoms with Crippen LogP contribution in [0.5, 0.6) is 0 Å². The summed E-state index contributed by atoms with van der Waals surface area (Å²) in [5, 5.41) is 4.03. The summed E-state index contributed by atoms with van der Waals surface area (Å²) in [6.07, 6.45) is 6.73. The van der Waals surface area contributed by atoms with Gasteiger partial charge in [-0.25, -0.2) is 4.68 Å². The number of carbonyl (C=O) groups excluding carboxylic acids is 1. The summed E-state index contributed by atoms with van der Waals surface area (Å²) in [4.78, 5) is 35.9. The minimum atomic E-state index is -0.136. The minimum absolute atomic E-state index is 0.0484. The number of amides is 1. The standard InChI is InChI=1S/C15H18N6O2/c1-19-14(22)9-13(11-18-19)20-4-6-21(7-5-20)15(23)8-12-10-16-2-3-17-12/h2-3,9-11H,4-8H2,1H3. The van der Waals surface area contributed by atoms with Crippen LogP contribution in [-0.2, 0) is 18.3 Å². The highest BCUT2D eigenvalue weighted by atomic mass is 16.2. The second-order valence-corrected chi connectivity index (χ2v) is 5.42. The van der Waals surface area contributed by atoms with Crippen molar-refractivity contribution in [3.05, 3.63) is 46.9 Å². The molecule has 1 aliphatic rings. The summed E-state index contributed by atoms with van der Waals surface area (Å²) in [6.45, 7) is 2.60. The van der Waals surface area contributed by atoms with E-state index in [4.69, 9.17) is 0 Å². The SMILES string of the molecule is Cn1ncc(N2CCN(C(=O)Cc3cnccn3)CC2)cc1=O. The van der Waals surface area contributed by atoms with Crippen LogP contribution in [0.1, 0.15) is 5.69 Å². The number of piperazine rings is 1.